The average Bonchev–Trinajstić information content (AvgIpc) is 2.34. The third-order valence-corrected chi connectivity index (χ3v) is 3.78. The smallest absolute Gasteiger partial charge is 0.129 e. The van der Waals surface area contributed by atoms with Crippen molar-refractivity contribution in [1.82, 2.24) is 0 Å². The molecule has 2 nitrogen and oxygen atoms in total. The molecule has 2 rings (SSSR count). The van der Waals surface area contributed by atoms with Gasteiger partial charge < -0.3 is 5.11 Å². The fraction of sp³-hybridized carbons (Fsp3) is 0. The van der Waals surface area contributed by atoms with Crippen molar-refractivity contribution in [1.29, 1.82) is 5.26 Å². The van der Waals surface area contributed by atoms with Crippen LogP contribution in [0.3, 0.4) is 0 Å². The van der Waals surface area contributed by atoms with E-state index in [-0.39, 0.29) is 5.75 Å². The van der Waals surface area contributed by atoms with E-state index in [1.54, 1.807) is 18.2 Å². The Balaban J connectivity index is 2.37. The first-order chi connectivity index (χ1) is 8.20. The number of para-hydroxylation sites is 1. The van der Waals surface area contributed by atoms with E-state index in [0.717, 1.165) is 14.3 Å². The van der Waals surface area contributed by atoms with Crippen molar-refractivity contribution in [2.24, 2.45) is 0 Å². The summed E-state index contributed by atoms with van der Waals surface area (Å²) in [6.45, 7) is 0. The summed E-state index contributed by atoms with van der Waals surface area (Å²) in [4.78, 5) is 1.57. The van der Waals surface area contributed by atoms with E-state index in [1.807, 2.05) is 24.3 Å². The lowest BCUT2D eigenvalue weighted by atomic mass is 10.2. The molecule has 0 aromatic heterocycles. The van der Waals surface area contributed by atoms with Gasteiger partial charge >= 0.3 is 0 Å². The molecule has 0 aliphatic carbocycles. The quantitative estimate of drug-likeness (QED) is 0.905. The molecule has 0 fully saturated rings. The van der Waals surface area contributed by atoms with Crippen molar-refractivity contribution >= 4 is 27.7 Å². The van der Waals surface area contributed by atoms with Crippen LogP contribution in [-0.2, 0) is 0 Å². The molecule has 0 saturated carbocycles. The Bertz CT molecular complexity index is 592. The van der Waals surface area contributed by atoms with Crippen LogP contribution in [0.2, 0.25) is 0 Å². The minimum atomic E-state index is 0.226. The fourth-order valence-electron chi connectivity index (χ4n) is 1.34. The van der Waals surface area contributed by atoms with E-state index in [2.05, 4.69) is 22.0 Å². The van der Waals surface area contributed by atoms with Crippen molar-refractivity contribution in [2.75, 3.05) is 0 Å². The molecule has 0 aliphatic rings. The van der Waals surface area contributed by atoms with Crippen molar-refractivity contribution in [3.63, 3.8) is 0 Å². The second-order valence-corrected chi connectivity index (χ2v) is 5.32. The van der Waals surface area contributed by atoms with Crippen molar-refractivity contribution in [2.45, 2.75) is 9.79 Å². The van der Waals surface area contributed by atoms with Gasteiger partial charge in [-0.15, -0.1) is 0 Å². The number of halogens is 1. The number of hydrogen-bond donors (Lipinski definition) is 1. The Labute approximate surface area is 112 Å². The van der Waals surface area contributed by atoms with Gasteiger partial charge in [-0.3, -0.25) is 0 Å². The Hall–Kier alpha value is -1.44. The van der Waals surface area contributed by atoms with Gasteiger partial charge in [-0.1, -0.05) is 39.8 Å². The number of hydrogen-bond acceptors (Lipinski definition) is 3. The van der Waals surface area contributed by atoms with Crippen LogP contribution in [0, 0.1) is 11.3 Å². The largest absolute Gasteiger partial charge is 0.507 e. The maximum absolute atomic E-state index is 9.68. The van der Waals surface area contributed by atoms with Crippen LogP contribution in [0.4, 0.5) is 0 Å². The first kappa shape index (κ1) is 12.0. The number of aromatic hydroxyl groups is 1. The predicted octanol–water partition coefficient (Wildman–Crippen LogP) is 4.18. The summed E-state index contributed by atoms with van der Waals surface area (Å²) in [5.41, 5.74) is 0.590. The van der Waals surface area contributed by atoms with E-state index in [0.29, 0.717) is 5.56 Å². The number of phenolic OH excluding ortho intramolecular Hbond substituents is 1. The normalized spacial score (nSPS) is 9.88. The van der Waals surface area contributed by atoms with Crippen LogP contribution >= 0.6 is 27.7 Å². The van der Waals surface area contributed by atoms with Gasteiger partial charge in [0, 0.05) is 9.37 Å². The second-order valence-electron chi connectivity index (χ2n) is 3.32. The molecule has 0 radical (unpaired) electrons. The molecule has 0 heterocycles. The molecule has 0 aliphatic heterocycles. The molecule has 2 aromatic carbocycles. The summed E-state index contributed by atoms with van der Waals surface area (Å²) in [6.07, 6.45) is 0. The molecule has 0 unspecified atom stereocenters. The van der Waals surface area contributed by atoms with Crippen LogP contribution in [0.25, 0.3) is 0 Å². The van der Waals surface area contributed by atoms with Gasteiger partial charge in [0.1, 0.15) is 11.8 Å². The highest BCUT2D eigenvalue weighted by atomic mass is 79.9. The molecule has 4 heteroatoms. The Morgan fingerprint density at radius 2 is 1.88 bits per heavy atom. The van der Waals surface area contributed by atoms with E-state index in [1.165, 1.54) is 11.8 Å². The van der Waals surface area contributed by atoms with Gasteiger partial charge in [-0.05, 0) is 30.3 Å². The summed E-state index contributed by atoms with van der Waals surface area (Å²) in [7, 11) is 0. The third-order valence-electron chi connectivity index (χ3n) is 2.15. The third kappa shape index (κ3) is 2.82. The zero-order valence-corrected chi connectivity index (χ0v) is 11.1. The topological polar surface area (TPSA) is 44.0 Å². The molecule has 0 amide bonds. The van der Waals surface area contributed by atoms with Crippen molar-refractivity contribution in [3.8, 4) is 11.8 Å². The van der Waals surface area contributed by atoms with Gasteiger partial charge in [0.15, 0.2) is 0 Å². The molecule has 2 aromatic rings. The molecule has 0 bridgehead atoms. The first-order valence-electron chi connectivity index (χ1n) is 4.86. The first-order valence-corrected chi connectivity index (χ1v) is 6.47. The van der Waals surface area contributed by atoms with E-state index >= 15 is 0 Å². The monoisotopic (exact) mass is 305 g/mol. The van der Waals surface area contributed by atoms with E-state index in [4.69, 9.17) is 5.26 Å². The molecule has 84 valence electrons. The van der Waals surface area contributed by atoms with Crippen LogP contribution < -0.4 is 0 Å². The predicted molar refractivity (Wildman–Crippen MR) is 71.1 cm³/mol. The van der Waals surface area contributed by atoms with Gasteiger partial charge in [0.25, 0.3) is 0 Å². The Kier molecular flexibility index (Phi) is 3.72. The SMILES string of the molecule is N#Cc1cc(Br)ccc1Sc1ccccc1O. The fourth-order valence-corrected chi connectivity index (χ4v) is 2.61. The lowest BCUT2D eigenvalue weighted by molar-refractivity contribution is 0.462. The molecule has 0 spiro atoms. The summed E-state index contributed by atoms with van der Waals surface area (Å²) < 4.78 is 0.871. The number of benzene rings is 2. The molecule has 1 N–H and O–H groups in total. The minimum Gasteiger partial charge on any atom is -0.507 e. The summed E-state index contributed by atoms with van der Waals surface area (Å²) in [6, 6.07) is 14.7. The average molecular weight is 306 g/mol. The lowest BCUT2D eigenvalue weighted by Crippen LogP contribution is -1.82. The highest BCUT2D eigenvalue weighted by molar-refractivity contribution is 9.10. The van der Waals surface area contributed by atoms with E-state index < -0.39 is 0 Å². The summed E-state index contributed by atoms with van der Waals surface area (Å²) >= 11 is 4.71. The summed E-state index contributed by atoms with van der Waals surface area (Å²) in [5, 5.41) is 18.7. The molecule has 0 atom stereocenters. The zero-order valence-electron chi connectivity index (χ0n) is 8.72. The molecular weight excluding hydrogens is 298 g/mol. The number of nitriles is 1. The number of phenols is 1. The molecular formula is C13H8BrNOS. The highest BCUT2D eigenvalue weighted by Crippen LogP contribution is 2.36. The molecule has 17 heavy (non-hydrogen) atoms. The zero-order chi connectivity index (χ0) is 12.3. The van der Waals surface area contributed by atoms with Crippen LogP contribution in [0.1, 0.15) is 5.56 Å². The van der Waals surface area contributed by atoms with Crippen LogP contribution in [0.15, 0.2) is 56.7 Å². The number of nitrogens with zero attached hydrogens (tertiary/aromatic N) is 1. The van der Waals surface area contributed by atoms with Crippen LogP contribution in [-0.4, -0.2) is 5.11 Å². The molecule has 0 saturated heterocycles. The second kappa shape index (κ2) is 5.26. The minimum absolute atomic E-state index is 0.226. The lowest BCUT2D eigenvalue weighted by Gasteiger charge is -2.05. The van der Waals surface area contributed by atoms with E-state index in [9.17, 15) is 5.11 Å². The van der Waals surface area contributed by atoms with Crippen molar-refractivity contribution < 1.29 is 5.11 Å². The van der Waals surface area contributed by atoms with Gasteiger partial charge in [-0.2, -0.15) is 5.26 Å². The highest BCUT2D eigenvalue weighted by Gasteiger charge is 2.07. The Morgan fingerprint density at radius 3 is 2.59 bits per heavy atom. The maximum atomic E-state index is 9.68. The Morgan fingerprint density at radius 1 is 1.12 bits per heavy atom. The number of rotatable bonds is 2. The maximum Gasteiger partial charge on any atom is 0.129 e. The standard InChI is InChI=1S/C13H8BrNOS/c14-10-5-6-12(9(7-10)8-15)17-13-4-2-1-3-11(13)16/h1-7,16H. The van der Waals surface area contributed by atoms with Gasteiger partial charge in [0.05, 0.1) is 10.5 Å². The van der Waals surface area contributed by atoms with Crippen LogP contribution in [0.5, 0.6) is 5.75 Å². The van der Waals surface area contributed by atoms with Crippen molar-refractivity contribution in [3.05, 3.63) is 52.5 Å². The van der Waals surface area contributed by atoms with Gasteiger partial charge in [0.2, 0.25) is 0 Å². The van der Waals surface area contributed by atoms with Gasteiger partial charge in [-0.25, -0.2) is 0 Å². The summed E-state index contributed by atoms with van der Waals surface area (Å²) in [5.74, 6) is 0.226.